The molecule has 31 heavy (non-hydrogen) atoms. The van der Waals surface area contributed by atoms with Crippen LogP contribution in [0, 0.1) is 13.8 Å². The average molecular weight is 397 g/mol. The molecule has 2 aliphatic carbocycles. The van der Waals surface area contributed by atoms with E-state index in [0.29, 0.717) is 0 Å². The first-order valence-electron chi connectivity index (χ1n) is 10.9. The molecule has 1 spiro atoms. The smallest absolute Gasteiger partial charge is 0.0725 e. The van der Waals surface area contributed by atoms with Crippen molar-refractivity contribution in [3.8, 4) is 22.3 Å². The van der Waals surface area contributed by atoms with E-state index in [1.165, 1.54) is 66.8 Å². The van der Waals surface area contributed by atoms with E-state index >= 15 is 0 Å². The summed E-state index contributed by atoms with van der Waals surface area (Å²) in [6.45, 7) is 12.7. The minimum atomic E-state index is -0.300. The lowest BCUT2D eigenvalue weighted by molar-refractivity contribution is 0.791. The minimum Gasteiger partial charge on any atom is -0.0984 e. The van der Waals surface area contributed by atoms with Crippen molar-refractivity contribution >= 4 is 12.2 Å². The van der Waals surface area contributed by atoms with Crippen LogP contribution in [0.4, 0.5) is 0 Å². The van der Waals surface area contributed by atoms with Crippen molar-refractivity contribution in [1.29, 1.82) is 0 Å². The molecule has 0 aromatic heterocycles. The van der Waals surface area contributed by atoms with E-state index < -0.39 is 0 Å². The molecule has 0 fully saturated rings. The van der Waals surface area contributed by atoms with Crippen molar-refractivity contribution in [2.75, 3.05) is 0 Å². The number of benzene rings is 4. The molecule has 0 nitrogen and oxygen atoms in total. The van der Waals surface area contributed by atoms with Gasteiger partial charge in [0.2, 0.25) is 0 Å². The van der Waals surface area contributed by atoms with Gasteiger partial charge >= 0.3 is 0 Å². The van der Waals surface area contributed by atoms with E-state index in [1.807, 2.05) is 12.2 Å². The van der Waals surface area contributed by atoms with Crippen LogP contribution in [-0.2, 0) is 5.41 Å². The van der Waals surface area contributed by atoms with Gasteiger partial charge in [-0.2, -0.15) is 0 Å². The van der Waals surface area contributed by atoms with Crippen LogP contribution in [0.1, 0.15) is 44.5 Å². The zero-order chi connectivity index (χ0) is 21.3. The van der Waals surface area contributed by atoms with Gasteiger partial charge in [-0.3, -0.25) is 0 Å². The number of hydrogen-bond donors (Lipinski definition) is 0. The van der Waals surface area contributed by atoms with E-state index in [9.17, 15) is 0 Å². The molecular formula is C31H24. The number of hydrogen-bond acceptors (Lipinski definition) is 0. The molecule has 0 atom stereocenters. The van der Waals surface area contributed by atoms with Gasteiger partial charge in [-0.1, -0.05) is 104 Å². The van der Waals surface area contributed by atoms with Crippen LogP contribution in [0.15, 0.2) is 86.0 Å². The zero-order valence-electron chi connectivity index (χ0n) is 18.0. The highest BCUT2D eigenvalue weighted by atomic mass is 14.5. The fourth-order valence-electron chi connectivity index (χ4n) is 6.07. The minimum absolute atomic E-state index is 0.300. The number of rotatable bonds is 2. The predicted molar refractivity (Wildman–Crippen MR) is 132 cm³/mol. The molecule has 0 aliphatic heterocycles. The third kappa shape index (κ3) is 2.05. The third-order valence-electron chi connectivity index (χ3n) is 7.23. The molecule has 0 saturated carbocycles. The van der Waals surface area contributed by atoms with Gasteiger partial charge in [-0.25, -0.2) is 0 Å². The van der Waals surface area contributed by atoms with Gasteiger partial charge in [-0.15, -0.1) is 0 Å². The lowest BCUT2D eigenvalue weighted by Gasteiger charge is -2.31. The molecule has 4 aromatic rings. The average Bonchev–Trinajstić information content (AvgIpc) is 3.25. The van der Waals surface area contributed by atoms with Crippen molar-refractivity contribution in [1.82, 2.24) is 0 Å². The second kappa shape index (κ2) is 6.18. The lowest BCUT2D eigenvalue weighted by atomic mass is 9.70. The Hall–Kier alpha value is -3.64. The maximum absolute atomic E-state index is 4.20. The maximum Gasteiger partial charge on any atom is 0.0725 e. The summed E-state index contributed by atoms with van der Waals surface area (Å²) in [4.78, 5) is 0. The highest BCUT2D eigenvalue weighted by Crippen LogP contribution is 2.63. The summed E-state index contributed by atoms with van der Waals surface area (Å²) < 4.78 is 0. The Morgan fingerprint density at radius 3 is 1.84 bits per heavy atom. The Kier molecular flexibility index (Phi) is 3.62. The highest BCUT2D eigenvalue weighted by Gasteiger charge is 2.52. The Morgan fingerprint density at radius 2 is 1.23 bits per heavy atom. The largest absolute Gasteiger partial charge is 0.0984 e. The van der Waals surface area contributed by atoms with Gasteiger partial charge in [0.05, 0.1) is 5.41 Å². The summed E-state index contributed by atoms with van der Waals surface area (Å²) in [5, 5.41) is 0. The number of aryl methyl sites for hydroxylation is 2. The van der Waals surface area contributed by atoms with E-state index in [-0.39, 0.29) is 5.41 Å². The molecule has 0 heterocycles. The van der Waals surface area contributed by atoms with Crippen molar-refractivity contribution < 1.29 is 0 Å². The molecule has 148 valence electrons. The van der Waals surface area contributed by atoms with E-state index in [1.54, 1.807) is 0 Å². The molecule has 0 saturated heterocycles. The molecule has 4 aromatic carbocycles. The Morgan fingerprint density at radius 1 is 0.613 bits per heavy atom. The van der Waals surface area contributed by atoms with Gasteiger partial charge in [-0.05, 0) is 75.0 Å². The summed E-state index contributed by atoms with van der Waals surface area (Å²) in [5.41, 5.74) is 15.4. The SMILES string of the molecule is C=Cc1c(C)cc2c(c1C=C)-c1ccc(C)cc1C21c2ccccc2-c2ccccc21. The first-order valence-corrected chi connectivity index (χ1v) is 10.9. The molecule has 2 aliphatic rings. The van der Waals surface area contributed by atoms with E-state index in [4.69, 9.17) is 0 Å². The van der Waals surface area contributed by atoms with Crippen molar-refractivity contribution in [3.63, 3.8) is 0 Å². The van der Waals surface area contributed by atoms with Crippen molar-refractivity contribution in [2.45, 2.75) is 19.3 Å². The van der Waals surface area contributed by atoms with Crippen molar-refractivity contribution in [2.24, 2.45) is 0 Å². The lowest BCUT2D eigenvalue weighted by Crippen LogP contribution is -2.26. The Bertz CT molecular complexity index is 1390. The van der Waals surface area contributed by atoms with Gasteiger partial charge in [0.15, 0.2) is 0 Å². The van der Waals surface area contributed by atoms with Crippen LogP contribution in [0.2, 0.25) is 0 Å². The summed E-state index contributed by atoms with van der Waals surface area (Å²) in [6, 6.07) is 27.2. The van der Waals surface area contributed by atoms with Crippen LogP contribution in [-0.4, -0.2) is 0 Å². The normalized spacial score (nSPS) is 14.0. The van der Waals surface area contributed by atoms with Gasteiger partial charge < -0.3 is 0 Å². The Labute approximate surface area is 184 Å². The quantitative estimate of drug-likeness (QED) is 0.279. The third-order valence-corrected chi connectivity index (χ3v) is 7.23. The molecule has 0 unspecified atom stereocenters. The summed E-state index contributed by atoms with van der Waals surface area (Å²) in [7, 11) is 0. The summed E-state index contributed by atoms with van der Waals surface area (Å²) in [5.74, 6) is 0. The predicted octanol–water partition coefficient (Wildman–Crippen LogP) is 7.93. The van der Waals surface area contributed by atoms with Crippen LogP contribution in [0.5, 0.6) is 0 Å². The Balaban J connectivity index is 1.90. The molecule has 0 bridgehead atoms. The maximum atomic E-state index is 4.20. The van der Waals surface area contributed by atoms with Gasteiger partial charge in [0.1, 0.15) is 0 Å². The van der Waals surface area contributed by atoms with Crippen molar-refractivity contribution in [3.05, 3.63) is 130 Å². The van der Waals surface area contributed by atoms with Crippen LogP contribution in [0.3, 0.4) is 0 Å². The fourth-order valence-corrected chi connectivity index (χ4v) is 6.07. The molecule has 0 heteroatoms. The molecule has 0 radical (unpaired) electrons. The van der Waals surface area contributed by atoms with Gasteiger partial charge in [0.25, 0.3) is 0 Å². The highest BCUT2D eigenvalue weighted by molar-refractivity contribution is 5.98. The molecule has 0 amide bonds. The fraction of sp³-hybridized carbons (Fsp3) is 0.0968. The summed E-state index contributed by atoms with van der Waals surface area (Å²) in [6.07, 6.45) is 3.99. The zero-order valence-corrected chi connectivity index (χ0v) is 18.0. The van der Waals surface area contributed by atoms with Crippen LogP contribution >= 0.6 is 0 Å². The number of fused-ring (bicyclic) bond motifs is 10. The van der Waals surface area contributed by atoms with Gasteiger partial charge in [0, 0.05) is 0 Å². The molecule has 6 rings (SSSR count). The second-order valence-corrected chi connectivity index (χ2v) is 8.74. The topological polar surface area (TPSA) is 0 Å². The second-order valence-electron chi connectivity index (χ2n) is 8.74. The first-order chi connectivity index (χ1) is 15.1. The first kappa shape index (κ1) is 18.2. The molecule has 0 N–H and O–H groups in total. The molecular weight excluding hydrogens is 372 g/mol. The monoisotopic (exact) mass is 396 g/mol. The summed E-state index contributed by atoms with van der Waals surface area (Å²) >= 11 is 0. The van der Waals surface area contributed by atoms with E-state index in [0.717, 1.165) is 0 Å². The van der Waals surface area contributed by atoms with Crippen LogP contribution < -0.4 is 0 Å². The standard InChI is InChI=1S/C31H24/c1-5-21-20(4)18-29-30(22(21)6-2)25-16-15-19(3)17-28(25)31(29)26-13-9-7-11-23(26)24-12-8-10-14-27(24)31/h5-18H,1-2H2,3-4H3. The van der Waals surface area contributed by atoms with E-state index in [2.05, 4.69) is 99.8 Å². The van der Waals surface area contributed by atoms with Crippen LogP contribution in [0.25, 0.3) is 34.4 Å².